The van der Waals surface area contributed by atoms with Crippen molar-refractivity contribution in [2.45, 2.75) is 45.7 Å². The number of anilines is 1. The molecule has 0 aliphatic carbocycles. The van der Waals surface area contributed by atoms with Crippen LogP contribution in [0, 0.1) is 0 Å². The maximum Gasteiger partial charge on any atom is 0.338 e. The Kier molecular flexibility index (Phi) is 10.8. The summed E-state index contributed by atoms with van der Waals surface area (Å²) in [6.07, 6.45) is 5.82. The van der Waals surface area contributed by atoms with Crippen molar-refractivity contribution in [1.82, 2.24) is 5.48 Å². The summed E-state index contributed by atoms with van der Waals surface area (Å²) in [6.45, 7) is 6.53. The Morgan fingerprint density at radius 2 is 1.86 bits per heavy atom. The van der Waals surface area contributed by atoms with Gasteiger partial charge in [-0.25, -0.2) is 5.48 Å². The highest BCUT2D eigenvalue weighted by molar-refractivity contribution is 7.53. The first-order valence-corrected chi connectivity index (χ1v) is 11.0. The molecule has 0 aromatic heterocycles. The van der Waals surface area contributed by atoms with E-state index in [2.05, 4.69) is 23.8 Å². The fourth-order valence-corrected chi connectivity index (χ4v) is 3.29. The zero-order valence-electron chi connectivity index (χ0n) is 16.7. The SMILES string of the molecule is CCC(C(=O)NOC/C=C(\C)CC/C=C(\C)CNc1ccccc1)P(=O)(O)O. The minimum absolute atomic E-state index is 0.0408. The van der Waals surface area contributed by atoms with Gasteiger partial charge in [0.05, 0.1) is 6.61 Å². The highest BCUT2D eigenvalue weighted by atomic mass is 31.2. The topological polar surface area (TPSA) is 108 Å². The van der Waals surface area contributed by atoms with E-state index in [4.69, 9.17) is 14.6 Å². The van der Waals surface area contributed by atoms with E-state index in [1.165, 1.54) is 12.5 Å². The Morgan fingerprint density at radius 1 is 1.18 bits per heavy atom. The summed E-state index contributed by atoms with van der Waals surface area (Å²) in [5, 5.41) is 3.36. The second-order valence-electron chi connectivity index (χ2n) is 6.65. The number of benzene rings is 1. The van der Waals surface area contributed by atoms with Gasteiger partial charge in [-0.1, -0.05) is 48.4 Å². The van der Waals surface area contributed by atoms with E-state index in [1.54, 1.807) is 0 Å². The van der Waals surface area contributed by atoms with E-state index in [0.29, 0.717) is 0 Å². The number of hydrogen-bond donors (Lipinski definition) is 4. The van der Waals surface area contributed by atoms with E-state index in [9.17, 15) is 9.36 Å². The summed E-state index contributed by atoms with van der Waals surface area (Å²) in [5.41, 5.74) is 4.18. The van der Waals surface area contributed by atoms with Crippen molar-refractivity contribution in [3.8, 4) is 0 Å². The number of nitrogens with one attached hydrogen (secondary N) is 2. The molecule has 156 valence electrons. The molecule has 1 aromatic carbocycles. The molecule has 0 fully saturated rings. The molecule has 7 nitrogen and oxygen atoms in total. The first kappa shape index (κ1) is 24.1. The first-order chi connectivity index (χ1) is 13.2. The summed E-state index contributed by atoms with van der Waals surface area (Å²) in [5.74, 6) is -0.800. The molecular weight excluding hydrogens is 379 g/mol. The highest BCUT2D eigenvalue weighted by Crippen LogP contribution is 2.42. The Morgan fingerprint density at radius 3 is 2.46 bits per heavy atom. The van der Waals surface area contributed by atoms with Crippen LogP contribution in [0.3, 0.4) is 0 Å². The third-order valence-corrected chi connectivity index (χ3v) is 5.57. The number of rotatable bonds is 12. The van der Waals surface area contributed by atoms with Crippen molar-refractivity contribution < 1.29 is 24.0 Å². The van der Waals surface area contributed by atoms with Crippen LogP contribution < -0.4 is 10.8 Å². The van der Waals surface area contributed by atoms with Gasteiger partial charge in [-0.15, -0.1) is 0 Å². The zero-order chi connectivity index (χ0) is 21.0. The molecule has 1 amide bonds. The van der Waals surface area contributed by atoms with Crippen molar-refractivity contribution in [2.24, 2.45) is 0 Å². The molecule has 0 aliphatic heterocycles. The Bertz CT molecular complexity index is 713. The summed E-state index contributed by atoms with van der Waals surface area (Å²) in [4.78, 5) is 34.9. The Labute approximate surface area is 167 Å². The molecular formula is C20H31N2O5P. The zero-order valence-corrected chi connectivity index (χ0v) is 17.6. The molecule has 0 saturated carbocycles. The minimum Gasteiger partial charge on any atom is -0.381 e. The van der Waals surface area contributed by atoms with Gasteiger partial charge in [0, 0.05) is 12.2 Å². The van der Waals surface area contributed by atoms with Crippen LogP contribution in [0.5, 0.6) is 0 Å². The van der Waals surface area contributed by atoms with E-state index >= 15 is 0 Å². The van der Waals surface area contributed by atoms with E-state index < -0.39 is 19.2 Å². The maximum absolute atomic E-state index is 11.7. The molecule has 0 bridgehead atoms. The normalized spacial score (nSPS) is 13.9. The fourth-order valence-electron chi connectivity index (χ4n) is 2.46. The molecule has 0 aliphatic rings. The summed E-state index contributed by atoms with van der Waals surface area (Å²) >= 11 is 0. The Hall–Kier alpha value is -1.92. The van der Waals surface area contributed by atoms with Crippen LogP contribution in [0.4, 0.5) is 5.69 Å². The van der Waals surface area contributed by atoms with Gasteiger partial charge in [0.2, 0.25) is 0 Å². The molecule has 8 heteroatoms. The first-order valence-electron chi connectivity index (χ1n) is 9.31. The lowest BCUT2D eigenvalue weighted by Crippen LogP contribution is -2.34. The molecule has 0 radical (unpaired) electrons. The molecule has 1 unspecified atom stereocenters. The van der Waals surface area contributed by atoms with Crippen LogP contribution in [0.1, 0.15) is 40.0 Å². The standard InChI is InChI=1S/C20H31N2O5P/c1-4-19(28(24,25)26)20(23)22-27-14-13-16(2)9-8-10-17(3)15-21-18-11-6-5-7-12-18/h5-7,10-13,19,21H,4,8-9,14-15H2,1-3H3,(H,22,23)(H2,24,25,26)/b16-13+,17-10+. The molecule has 0 saturated heterocycles. The van der Waals surface area contributed by atoms with Gasteiger partial charge < -0.3 is 15.1 Å². The fraction of sp³-hybridized carbons (Fsp3) is 0.450. The van der Waals surface area contributed by atoms with Crippen molar-refractivity contribution in [3.63, 3.8) is 0 Å². The van der Waals surface area contributed by atoms with Gasteiger partial charge in [-0.2, -0.15) is 0 Å². The third-order valence-electron chi connectivity index (χ3n) is 4.16. The lowest BCUT2D eigenvalue weighted by atomic mass is 10.1. The van der Waals surface area contributed by atoms with Crippen LogP contribution in [-0.4, -0.2) is 34.5 Å². The molecule has 1 rings (SSSR count). The Balaban J connectivity index is 2.27. The molecule has 0 heterocycles. The van der Waals surface area contributed by atoms with Crippen LogP contribution in [0.15, 0.2) is 53.6 Å². The van der Waals surface area contributed by atoms with Gasteiger partial charge in [-0.3, -0.25) is 14.2 Å². The number of hydroxylamine groups is 1. The lowest BCUT2D eigenvalue weighted by molar-refractivity contribution is -0.132. The van der Waals surface area contributed by atoms with Gasteiger partial charge in [0.15, 0.2) is 0 Å². The predicted molar refractivity (Wildman–Crippen MR) is 112 cm³/mol. The largest absolute Gasteiger partial charge is 0.381 e. The summed E-state index contributed by atoms with van der Waals surface area (Å²) in [7, 11) is -4.47. The van der Waals surface area contributed by atoms with E-state index in [0.717, 1.165) is 30.6 Å². The maximum atomic E-state index is 11.7. The summed E-state index contributed by atoms with van der Waals surface area (Å²) in [6, 6.07) is 10.0. The van der Waals surface area contributed by atoms with Gasteiger partial charge in [-0.05, 0) is 45.2 Å². The van der Waals surface area contributed by atoms with Crippen molar-refractivity contribution in [2.75, 3.05) is 18.5 Å². The van der Waals surface area contributed by atoms with Gasteiger partial charge in [0.1, 0.15) is 5.66 Å². The average molecular weight is 410 g/mol. The minimum atomic E-state index is -4.47. The van der Waals surface area contributed by atoms with E-state index in [-0.39, 0.29) is 13.0 Å². The van der Waals surface area contributed by atoms with Crippen molar-refractivity contribution in [1.29, 1.82) is 0 Å². The highest BCUT2D eigenvalue weighted by Gasteiger charge is 2.33. The number of amides is 1. The van der Waals surface area contributed by atoms with Crippen LogP contribution in [0.25, 0.3) is 0 Å². The second kappa shape index (κ2) is 12.5. The molecule has 1 atom stereocenters. The number of para-hydroxylation sites is 1. The molecule has 1 aromatic rings. The number of carbonyl (C=O) groups is 1. The van der Waals surface area contributed by atoms with Crippen molar-refractivity contribution in [3.05, 3.63) is 53.6 Å². The number of carbonyl (C=O) groups excluding carboxylic acids is 1. The molecule has 28 heavy (non-hydrogen) atoms. The third kappa shape index (κ3) is 9.85. The van der Waals surface area contributed by atoms with E-state index in [1.807, 2.05) is 43.3 Å². The van der Waals surface area contributed by atoms with Crippen LogP contribution >= 0.6 is 7.60 Å². The number of hydrogen-bond acceptors (Lipinski definition) is 4. The quantitative estimate of drug-likeness (QED) is 0.181. The monoisotopic (exact) mass is 410 g/mol. The smallest absolute Gasteiger partial charge is 0.338 e. The molecule has 4 N–H and O–H groups in total. The van der Waals surface area contributed by atoms with Crippen LogP contribution in [0.2, 0.25) is 0 Å². The van der Waals surface area contributed by atoms with Crippen molar-refractivity contribution >= 4 is 19.2 Å². The molecule has 0 spiro atoms. The number of allylic oxidation sites excluding steroid dienone is 2. The van der Waals surface area contributed by atoms with Crippen LogP contribution in [-0.2, 0) is 14.2 Å². The van der Waals surface area contributed by atoms with Gasteiger partial charge >= 0.3 is 7.60 Å². The van der Waals surface area contributed by atoms with Gasteiger partial charge in [0.25, 0.3) is 5.91 Å². The average Bonchev–Trinajstić information content (AvgIpc) is 2.64. The lowest BCUT2D eigenvalue weighted by Gasteiger charge is -2.15. The second-order valence-corrected chi connectivity index (χ2v) is 8.45. The predicted octanol–water partition coefficient (Wildman–Crippen LogP) is 3.78. The summed E-state index contributed by atoms with van der Waals surface area (Å²) < 4.78 is 11.2.